The number of nitrogens with two attached hydrogens (primary N) is 1. The smallest absolute Gasteiger partial charge is 0.0501 e. The average Bonchev–Trinajstić information content (AvgIpc) is 2.13. The monoisotopic (exact) mass is 205 g/mol. The molecule has 1 atom stereocenters. The summed E-state index contributed by atoms with van der Waals surface area (Å²) >= 11 is 1.85. The summed E-state index contributed by atoms with van der Waals surface area (Å²) < 4.78 is 0. The minimum Gasteiger partial charge on any atom is -0.396 e. The van der Waals surface area contributed by atoms with Crippen LogP contribution in [0, 0.1) is 11.3 Å². The van der Waals surface area contributed by atoms with Crippen LogP contribution in [-0.2, 0) is 0 Å². The lowest BCUT2D eigenvalue weighted by molar-refractivity contribution is 0.0746. The summed E-state index contributed by atoms with van der Waals surface area (Å²) in [5.41, 5.74) is 5.69. The lowest BCUT2D eigenvalue weighted by atomic mass is 9.74. The molecule has 0 saturated heterocycles. The highest BCUT2D eigenvalue weighted by atomic mass is 32.2. The Morgan fingerprint density at radius 2 is 2.08 bits per heavy atom. The zero-order valence-electron chi connectivity index (χ0n) is 9.05. The fourth-order valence-corrected chi connectivity index (χ4v) is 1.95. The largest absolute Gasteiger partial charge is 0.396 e. The van der Waals surface area contributed by atoms with Gasteiger partial charge in [-0.1, -0.05) is 13.8 Å². The predicted molar refractivity (Wildman–Crippen MR) is 61.0 cm³/mol. The van der Waals surface area contributed by atoms with Gasteiger partial charge in [-0.05, 0) is 30.8 Å². The van der Waals surface area contributed by atoms with Crippen LogP contribution in [0.4, 0.5) is 0 Å². The van der Waals surface area contributed by atoms with Crippen LogP contribution in [0.3, 0.4) is 0 Å². The molecule has 0 fully saturated rings. The topological polar surface area (TPSA) is 46.2 Å². The quantitative estimate of drug-likeness (QED) is 0.622. The lowest BCUT2D eigenvalue weighted by Gasteiger charge is -2.34. The van der Waals surface area contributed by atoms with E-state index in [1.165, 1.54) is 0 Å². The molecule has 0 rings (SSSR count). The van der Waals surface area contributed by atoms with E-state index in [2.05, 4.69) is 20.1 Å². The normalized spacial score (nSPS) is 16.2. The number of hydrogen-bond acceptors (Lipinski definition) is 3. The molecule has 0 heterocycles. The first kappa shape index (κ1) is 13.3. The van der Waals surface area contributed by atoms with Crippen LogP contribution < -0.4 is 5.73 Å². The first-order chi connectivity index (χ1) is 6.13. The maximum absolute atomic E-state index is 9.36. The SMILES string of the molecule is CSCCCC(CN)(CO)C(C)C. The summed E-state index contributed by atoms with van der Waals surface area (Å²) in [6.45, 7) is 5.09. The minimum atomic E-state index is -0.0459. The molecule has 80 valence electrons. The number of aliphatic hydroxyl groups is 1. The van der Waals surface area contributed by atoms with Gasteiger partial charge in [0.05, 0.1) is 6.61 Å². The third-order valence-corrected chi connectivity index (χ3v) is 3.67. The molecule has 0 bridgehead atoms. The van der Waals surface area contributed by atoms with Gasteiger partial charge in [0, 0.05) is 12.0 Å². The Labute approximate surface area is 86.3 Å². The Hall–Kier alpha value is 0.270. The van der Waals surface area contributed by atoms with E-state index in [4.69, 9.17) is 5.73 Å². The highest BCUT2D eigenvalue weighted by Crippen LogP contribution is 2.31. The summed E-state index contributed by atoms with van der Waals surface area (Å²) in [7, 11) is 0. The van der Waals surface area contributed by atoms with E-state index in [0.29, 0.717) is 12.5 Å². The Morgan fingerprint density at radius 3 is 2.38 bits per heavy atom. The minimum absolute atomic E-state index is 0.0459. The molecule has 0 aromatic heterocycles. The number of aliphatic hydroxyl groups excluding tert-OH is 1. The Bertz CT molecular complexity index is 124. The molecule has 0 aliphatic carbocycles. The molecular formula is C10H23NOS. The van der Waals surface area contributed by atoms with Crippen LogP contribution in [0.2, 0.25) is 0 Å². The van der Waals surface area contributed by atoms with Crippen LogP contribution >= 0.6 is 11.8 Å². The molecule has 0 spiro atoms. The van der Waals surface area contributed by atoms with Crippen molar-refractivity contribution in [2.24, 2.45) is 17.1 Å². The van der Waals surface area contributed by atoms with Gasteiger partial charge >= 0.3 is 0 Å². The van der Waals surface area contributed by atoms with E-state index in [0.717, 1.165) is 18.6 Å². The van der Waals surface area contributed by atoms with E-state index in [-0.39, 0.29) is 12.0 Å². The number of hydrogen-bond donors (Lipinski definition) is 2. The molecule has 2 nitrogen and oxygen atoms in total. The van der Waals surface area contributed by atoms with Gasteiger partial charge < -0.3 is 10.8 Å². The molecule has 0 aliphatic heterocycles. The van der Waals surface area contributed by atoms with E-state index < -0.39 is 0 Å². The summed E-state index contributed by atoms with van der Waals surface area (Å²) in [4.78, 5) is 0. The second-order valence-corrected chi connectivity index (χ2v) is 4.96. The highest BCUT2D eigenvalue weighted by Gasteiger charge is 2.30. The highest BCUT2D eigenvalue weighted by molar-refractivity contribution is 7.98. The van der Waals surface area contributed by atoms with Crippen molar-refractivity contribution >= 4 is 11.8 Å². The van der Waals surface area contributed by atoms with Crippen molar-refractivity contribution in [1.29, 1.82) is 0 Å². The Balaban J connectivity index is 4.06. The molecule has 0 saturated carbocycles. The molecule has 13 heavy (non-hydrogen) atoms. The van der Waals surface area contributed by atoms with Gasteiger partial charge in [-0.3, -0.25) is 0 Å². The standard InChI is InChI=1S/C10H23NOS/c1-9(2)10(7-11,8-12)5-4-6-13-3/h9,12H,4-8,11H2,1-3H3. The Morgan fingerprint density at radius 1 is 1.46 bits per heavy atom. The van der Waals surface area contributed by atoms with E-state index >= 15 is 0 Å². The molecule has 0 aliphatic rings. The zero-order valence-corrected chi connectivity index (χ0v) is 9.86. The van der Waals surface area contributed by atoms with E-state index in [9.17, 15) is 5.11 Å². The van der Waals surface area contributed by atoms with Gasteiger partial charge in [-0.25, -0.2) is 0 Å². The number of thioether (sulfide) groups is 1. The Kier molecular flexibility index (Phi) is 6.82. The van der Waals surface area contributed by atoms with Crippen molar-refractivity contribution in [2.75, 3.05) is 25.2 Å². The molecular weight excluding hydrogens is 182 g/mol. The van der Waals surface area contributed by atoms with Crippen LogP contribution in [0.5, 0.6) is 0 Å². The second-order valence-electron chi connectivity index (χ2n) is 3.98. The van der Waals surface area contributed by atoms with Crippen LogP contribution in [0.25, 0.3) is 0 Å². The van der Waals surface area contributed by atoms with E-state index in [1.807, 2.05) is 11.8 Å². The first-order valence-corrected chi connectivity index (χ1v) is 6.32. The second kappa shape index (κ2) is 6.68. The van der Waals surface area contributed by atoms with Gasteiger partial charge in [-0.15, -0.1) is 0 Å². The molecule has 0 aromatic rings. The third-order valence-electron chi connectivity index (χ3n) is 2.97. The first-order valence-electron chi connectivity index (χ1n) is 4.93. The molecule has 0 amide bonds. The van der Waals surface area contributed by atoms with Crippen LogP contribution in [0.1, 0.15) is 26.7 Å². The van der Waals surface area contributed by atoms with E-state index in [1.54, 1.807) is 0 Å². The molecule has 3 N–H and O–H groups in total. The summed E-state index contributed by atoms with van der Waals surface area (Å²) in [5, 5.41) is 9.36. The molecule has 0 aromatic carbocycles. The van der Waals surface area contributed by atoms with Gasteiger partial charge in [-0.2, -0.15) is 11.8 Å². The van der Waals surface area contributed by atoms with Crippen molar-refractivity contribution in [3.8, 4) is 0 Å². The summed E-state index contributed by atoms with van der Waals surface area (Å²) in [6.07, 6.45) is 4.30. The van der Waals surface area contributed by atoms with Crippen molar-refractivity contribution in [1.82, 2.24) is 0 Å². The maximum atomic E-state index is 9.36. The van der Waals surface area contributed by atoms with Crippen molar-refractivity contribution in [3.63, 3.8) is 0 Å². The summed E-state index contributed by atoms with van der Waals surface area (Å²) in [6, 6.07) is 0. The summed E-state index contributed by atoms with van der Waals surface area (Å²) in [5.74, 6) is 1.62. The molecule has 1 unspecified atom stereocenters. The van der Waals surface area contributed by atoms with Gasteiger partial charge in [0.1, 0.15) is 0 Å². The zero-order chi connectivity index (χ0) is 10.3. The fraction of sp³-hybridized carbons (Fsp3) is 1.00. The van der Waals surface area contributed by atoms with Crippen LogP contribution in [0.15, 0.2) is 0 Å². The van der Waals surface area contributed by atoms with Crippen LogP contribution in [-0.4, -0.2) is 30.3 Å². The van der Waals surface area contributed by atoms with Gasteiger partial charge in [0.2, 0.25) is 0 Å². The third kappa shape index (κ3) is 3.88. The van der Waals surface area contributed by atoms with Gasteiger partial charge in [0.25, 0.3) is 0 Å². The predicted octanol–water partition coefficient (Wildman–Crippen LogP) is 1.72. The molecule has 0 radical (unpaired) electrons. The molecule has 3 heteroatoms. The lowest BCUT2D eigenvalue weighted by Crippen LogP contribution is -2.39. The average molecular weight is 205 g/mol. The van der Waals surface area contributed by atoms with Crippen molar-refractivity contribution in [3.05, 3.63) is 0 Å². The maximum Gasteiger partial charge on any atom is 0.0501 e. The van der Waals surface area contributed by atoms with Gasteiger partial charge in [0.15, 0.2) is 0 Å². The van der Waals surface area contributed by atoms with Crippen molar-refractivity contribution in [2.45, 2.75) is 26.7 Å². The fourth-order valence-electron chi connectivity index (χ4n) is 1.52. The van der Waals surface area contributed by atoms with Crippen molar-refractivity contribution < 1.29 is 5.11 Å². The number of rotatable bonds is 7.